The summed E-state index contributed by atoms with van der Waals surface area (Å²) in [4.78, 5) is 0. The zero-order valence-electron chi connectivity index (χ0n) is 25.6. The molecule has 0 spiro atoms. The van der Waals surface area contributed by atoms with E-state index in [4.69, 9.17) is 0 Å². The van der Waals surface area contributed by atoms with Gasteiger partial charge in [-0.05, 0) is 89.1 Å². The number of hydrogen-bond donors (Lipinski definition) is 0. The van der Waals surface area contributed by atoms with E-state index in [1.54, 1.807) is 0 Å². The molecule has 47 heavy (non-hydrogen) atoms. The van der Waals surface area contributed by atoms with E-state index in [0.717, 1.165) is 0 Å². The minimum absolute atomic E-state index is 1.23. The van der Waals surface area contributed by atoms with Gasteiger partial charge < -0.3 is 0 Å². The van der Waals surface area contributed by atoms with E-state index in [1.165, 1.54) is 96.6 Å². The molecule has 0 aliphatic heterocycles. The van der Waals surface area contributed by atoms with E-state index in [1.807, 2.05) is 11.3 Å². The molecule has 0 aliphatic carbocycles. The molecule has 218 valence electrons. The largest absolute Gasteiger partial charge is 0.135 e. The molecule has 10 rings (SSSR count). The quantitative estimate of drug-likeness (QED) is 0.174. The summed E-state index contributed by atoms with van der Waals surface area (Å²) in [7, 11) is 0. The average Bonchev–Trinajstić information content (AvgIpc) is 3.54. The molecule has 0 bridgehead atoms. The highest BCUT2D eigenvalue weighted by Gasteiger charge is 2.21. The minimum Gasteiger partial charge on any atom is -0.135 e. The van der Waals surface area contributed by atoms with Crippen LogP contribution < -0.4 is 0 Å². The van der Waals surface area contributed by atoms with E-state index in [2.05, 4.69) is 170 Å². The zero-order chi connectivity index (χ0) is 30.9. The summed E-state index contributed by atoms with van der Waals surface area (Å²) < 4.78 is 2.68. The van der Waals surface area contributed by atoms with Gasteiger partial charge >= 0.3 is 0 Å². The van der Waals surface area contributed by atoms with Crippen molar-refractivity contribution < 1.29 is 0 Å². The van der Waals surface area contributed by atoms with Gasteiger partial charge in [-0.1, -0.05) is 152 Å². The van der Waals surface area contributed by atoms with Gasteiger partial charge in [-0.3, -0.25) is 0 Å². The second kappa shape index (κ2) is 10.4. The molecule has 0 atom stereocenters. The Kier molecular flexibility index (Phi) is 5.85. The third kappa shape index (κ3) is 4.00. The van der Waals surface area contributed by atoms with Crippen molar-refractivity contribution in [1.82, 2.24) is 0 Å². The fourth-order valence-electron chi connectivity index (χ4n) is 7.81. The first-order valence-corrected chi connectivity index (χ1v) is 17.0. The summed E-state index contributed by atoms with van der Waals surface area (Å²) in [5.41, 5.74) is 7.64. The van der Waals surface area contributed by atoms with Crippen molar-refractivity contribution in [3.8, 4) is 33.4 Å². The molecular formula is C46H28S. The Morgan fingerprint density at radius 1 is 0.319 bits per heavy atom. The number of rotatable bonds is 3. The SMILES string of the molecule is c1cc(-c2cccc3ccccc23)cc(-c2c3ccccc3c(-c3cc4ccccc4c4c3sc3ccccc34)c3ccccc23)c1. The standard InChI is InChI=1S/C46H28S/c1-3-18-33-29(13-1)15-12-25-34(33)30-16-11-17-32(27-30)43-36-20-5-7-22-38(36)44(39-23-8-6-21-37(39)43)41-28-31-14-2-4-19-35(31)45-40-24-9-10-26-42(40)47-46(41)45/h1-28H. The molecule has 0 saturated carbocycles. The molecule has 0 N–H and O–H groups in total. The van der Waals surface area contributed by atoms with Gasteiger partial charge in [-0.2, -0.15) is 0 Å². The molecule has 0 unspecified atom stereocenters. The Morgan fingerprint density at radius 3 is 1.60 bits per heavy atom. The maximum Gasteiger partial charge on any atom is 0.0440 e. The summed E-state index contributed by atoms with van der Waals surface area (Å²) in [5, 5.41) is 12.9. The molecule has 1 aromatic heterocycles. The third-order valence-electron chi connectivity index (χ3n) is 9.82. The first-order valence-electron chi connectivity index (χ1n) is 16.2. The maximum atomic E-state index is 2.43. The summed E-state index contributed by atoms with van der Waals surface area (Å²) in [6.45, 7) is 0. The van der Waals surface area contributed by atoms with Gasteiger partial charge in [0.25, 0.3) is 0 Å². The van der Waals surface area contributed by atoms with E-state index in [0.29, 0.717) is 0 Å². The smallest absolute Gasteiger partial charge is 0.0440 e. The molecule has 0 saturated heterocycles. The van der Waals surface area contributed by atoms with Crippen LogP contribution in [0.1, 0.15) is 0 Å². The second-order valence-electron chi connectivity index (χ2n) is 12.4. The van der Waals surface area contributed by atoms with Crippen molar-refractivity contribution in [1.29, 1.82) is 0 Å². The maximum absolute atomic E-state index is 2.43. The van der Waals surface area contributed by atoms with Gasteiger partial charge in [0.15, 0.2) is 0 Å². The summed E-state index contributed by atoms with van der Waals surface area (Å²) in [6, 6.07) is 62.6. The van der Waals surface area contributed by atoms with E-state index in [9.17, 15) is 0 Å². The van der Waals surface area contributed by atoms with Crippen LogP contribution in [-0.4, -0.2) is 0 Å². The van der Waals surface area contributed by atoms with Crippen LogP contribution in [0.15, 0.2) is 170 Å². The molecule has 9 aromatic carbocycles. The van der Waals surface area contributed by atoms with E-state index >= 15 is 0 Å². The molecule has 1 heterocycles. The zero-order valence-corrected chi connectivity index (χ0v) is 26.4. The van der Waals surface area contributed by atoms with Crippen molar-refractivity contribution in [3.63, 3.8) is 0 Å². The van der Waals surface area contributed by atoms with Crippen LogP contribution in [0.25, 0.3) is 96.6 Å². The summed E-state index contributed by atoms with van der Waals surface area (Å²) in [6.07, 6.45) is 0. The van der Waals surface area contributed by atoms with Crippen LogP contribution in [0, 0.1) is 0 Å². The van der Waals surface area contributed by atoms with E-state index in [-0.39, 0.29) is 0 Å². The Bertz CT molecular complexity index is 2790. The third-order valence-corrected chi connectivity index (χ3v) is 11.0. The Hall–Kier alpha value is -5.76. The predicted octanol–water partition coefficient (Wildman–Crippen LogP) is 13.7. The van der Waals surface area contributed by atoms with Crippen molar-refractivity contribution >= 4 is 74.6 Å². The van der Waals surface area contributed by atoms with E-state index < -0.39 is 0 Å². The number of benzene rings is 9. The first-order chi connectivity index (χ1) is 23.3. The summed E-state index contributed by atoms with van der Waals surface area (Å²) in [5.74, 6) is 0. The fraction of sp³-hybridized carbons (Fsp3) is 0. The Morgan fingerprint density at radius 2 is 0.851 bits per heavy atom. The van der Waals surface area contributed by atoms with Crippen LogP contribution in [-0.2, 0) is 0 Å². The average molecular weight is 613 g/mol. The van der Waals surface area contributed by atoms with Gasteiger partial charge in [0.2, 0.25) is 0 Å². The molecule has 0 fully saturated rings. The Labute approximate surface area is 276 Å². The lowest BCUT2D eigenvalue weighted by molar-refractivity contribution is 1.63. The topological polar surface area (TPSA) is 0 Å². The number of thiophene rings is 1. The highest BCUT2D eigenvalue weighted by molar-refractivity contribution is 7.26. The first kappa shape index (κ1) is 26.5. The predicted molar refractivity (Wildman–Crippen MR) is 206 cm³/mol. The monoisotopic (exact) mass is 612 g/mol. The van der Waals surface area contributed by atoms with Crippen LogP contribution in [0.2, 0.25) is 0 Å². The molecule has 0 aliphatic rings. The number of hydrogen-bond acceptors (Lipinski definition) is 1. The lowest BCUT2D eigenvalue weighted by Gasteiger charge is -2.19. The molecule has 0 nitrogen and oxygen atoms in total. The van der Waals surface area contributed by atoms with Gasteiger partial charge in [0.1, 0.15) is 0 Å². The molecule has 0 amide bonds. The van der Waals surface area contributed by atoms with Crippen molar-refractivity contribution in [3.05, 3.63) is 170 Å². The summed E-state index contributed by atoms with van der Waals surface area (Å²) >= 11 is 1.92. The Balaban J connectivity index is 1.31. The molecule has 0 radical (unpaired) electrons. The van der Waals surface area contributed by atoms with Crippen LogP contribution in [0.5, 0.6) is 0 Å². The highest BCUT2D eigenvalue weighted by atomic mass is 32.1. The molecule has 10 aromatic rings. The fourth-order valence-corrected chi connectivity index (χ4v) is 9.05. The van der Waals surface area contributed by atoms with Crippen LogP contribution >= 0.6 is 11.3 Å². The van der Waals surface area contributed by atoms with Gasteiger partial charge in [-0.15, -0.1) is 11.3 Å². The van der Waals surface area contributed by atoms with Crippen molar-refractivity contribution in [2.45, 2.75) is 0 Å². The molecule has 1 heteroatoms. The highest BCUT2D eigenvalue weighted by Crippen LogP contribution is 2.50. The van der Waals surface area contributed by atoms with Crippen LogP contribution in [0.4, 0.5) is 0 Å². The molecular weight excluding hydrogens is 585 g/mol. The minimum atomic E-state index is 1.23. The van der Waals surface area contributed by atoms with Gasteiger partial charge in [0, 0.05) is 25.7 Å². The lowest BCUT2D eigenvalue weighted by Crippen LogP contribution is -1.92. The van der Waals surface area contributed by atoms with Crippen molar-refractivity contribution in [2.24, 2.45) is 0 Å². The second-order valence-corrected chi connectivity index (χ2v) is 13.4. The van der Waals surface area contributed by atoms with Gasteiger partial charge in [-0.25, -0.2) is 0 Å². The van der Waals surface area contributed by atoms with Gasteiger partial charge in [0.05, 0.1) is 0 Å². The normalized spacial score (nSPS) is 11.8. The number of fused-ring (bicyclic) bond motifs is 8. The van der Waals surface area contributed by atoms with Crippen LogP contribution in [0.3, 0.4) is 0 Å². The van der Waals surface area contributed by atoms with Crippen molar-refractivity contribution in [2.75, 3.05) is 0 Å². The lowest BCUT2D eigenvalue weighted by atomic mass is 9.84.